The molecule has 0 N–H and O–H groups in total. The Balaban J connectivity index is 1.35. The standard InChI is InChI=1S/C29H38F2O/c1-3-17-32-25-16-15-24-18-26(28(30)29(31)27(24)19-25)23-13-11-22(12-14-23)10-9-21-7-5-20(4-2)6-8-21/h3,15-16,18-23H,1,4-14,17H2,2H3. The van der Waals surface area contributed by atoms with Crippen LogP contribution in [-0.2, 0) is 0 Å². The Morgan fingerprint density at radius 3 is 2.12 bits per heavy atom. The van der Waals surface area contributed by atoms with Crippen molar-refractivity contribution in [2.45, 2.75) is 83.5 Å². The van der Waals surface area contributed by atoms with Gasteiger partial charge in [-0.2, -0.15) is 0 Å². The molecule has 0 aliphatic heterocycles. The lowest BCUT2D eigenvalue weighted by molar-refractivity contribution is 0.227. The topological polar surface area (TPSA) is 9.23 Å². The summed E-state index contributed by atoms with van der Waals surface area (Å²) in [5.74, 6) is 1.89. The van der Waals surface area contributed by atoms with Gasteiger partial charge < -0.3 is 4.74 Å². The maximum absolute atomic E-state index is 15.0. The molecule has 2 aromatic carbocycles. The fourth-order valence-electron chi connectivity index (χ4n) is 6.03. The molecule has 2 fully saturated rings. The van der Waals surface area contributed by atoms with Crippen LogP contribution in [-0.4, -0.2) is 6.61 Å². The molecule has 1 nitrogen and oxygen atoms in total. The van der Waals surface area contributed by atoms with Gasteiger partial charge in [-0.15, -0.1) is 0 Å². The Hall–Kier alpha value is -1.90. The van der Waals surface area contributed by atoms with E-state index < -0.39 is 11.6 Å². The molecule has 32 heavy (non-hydrogen) atoms. The Kier molecular flexibility index (Phi) is 7.86. The number of benzene rings is 2. The normalized spacial score (nSPS) is 26.2. The highest BCUT2D eigenvalue weighted by molar-refractivity contribution is 5.85. The van der Waals surface area contributed by atoms with Gasteiger partial charge in [0.2, 0.25) is 0 Å². The van der Waals surface area contributed by atoms with Crippen LogP contribution in [0.3, 0.4) is 0 Å². The summed E-state index contributed by atoms with van der Waals surface area (Å²) in [5, 5.41) is 1.04. The molecule has 174 valence electrons. The fourth-order valence-corrected chi connectivity index (χ4v) is 6.03. The van der Waals surface area contributed by atoms with Gasteiger partial charge in [-0.3, -0.25) is 0 Å². The van der Waals surface area contributed by atoms with Crippen molar-refractivity contribution in [1.82, 2.24) is 0 Å². The molecule has 0 unspecified atom stereocenters. The zero-order valence-electron chi connectivity index (χ0n) is 19.6. The quantitative estimate of drug-likeness (QED) is 0.372. The van der Waals surface area contributed by atoms with Crippen molar-refractivity contribution >= 4 is 10.8 Å². The summed E-state index contributed by atoms with van der Waals surface area (Å²) in [5.41, 5.74) is 0.561. The van der Waals surface area contributed by atoms with Crippen LogP contribution in [0.25, 0.3) is 10.8 Å². The number of halogens is 2. The third-order valence-electron chi connectivity index (χ3n) is 8.20. The van der Waals surface area contributed by atoms with Gasteiger partial charge in [-0.25, -0.2) is 8.78 Å². The summed E-state index contributed by atoms with van der Waals surface area (Å²) in [6.07, 6.45) is 15.5. The van der Waals surface area contributed by atoms with Crippen LogP contribution in [0.15, 0.2) is 36.9 Å². The van der Waals surface area contributed by atoms with Gasteiger partial charge in [0.25, 0.3) is 0 Å². The first-order valence-electron chi connectivity index (χ1n) is 12.7. The van der Waals surface area contributed by atoms with E-state index in [1.54, 1.807) is 12.1 Å². The second-order valence-electron chi connectivity index (χ2n) is 10.2. The molecule has 0 aromatic heterocycles. The van der Waals surface area contributed by atoms with E-state index in [1.807, 2.05) is 18.2 Å². The minimum atomic E-state index is -0.744. The molecule has 0 amide bonds. The first-order chi connectivity index (χ1) is 15.6. The van der Waals surface area contributed by atoms with Crippen molar-refractivity contribution in [2.24, 2.45) is 17.8 Å². The monoisotopic (exact) mass is 440 g/mol. The maximum Gasteiger partial charge on any atom is 0.167 e. The van der Waals surface area contributed by atoms with Crippen LogP contribution in [0.2, 0.25) is 0 Å². The first-order valence-corrected chi connectivity index (χ1v) is 12.7. The van der Waals surface area contributed by atoms with Crippen molar-refractivity contribution in [2.75, 3.05) is 6.61 Å². The van der Waals surface area contributed by atoms with Crippen LogP contribution < -0.4 is 4.74 Å². The smallest absolute Gasteiger partial charge is 0.167 e. The predicted octanol–water partition coefficient (Wildman–Crippen LogP) is 8.95. The highest BCUT2D eigenvalue weighted by Crippen LogP contribution is 2.42. The SMILES string of the molecule is C=CCOc1ccc2cc(C3CCC(CCC4CCC(CC)CC4)CC3)c(F)c(F)c2c1. The highest BCUT2D eigenvalue weighted by atomic mass is 19.2. The zero-order valence-corrected chi connectivity index (χ0v) is 19.6. The van der Waals surface area contributed by atoms with Crippen LogP contribution in [0.1, 0.15) is 89.0 Å². The van der Waals surface area contributed by atoms with Gasteiger partial charge in [-0.1, -0.05) is 70.6 Å². The molecular weight excluding hydrogens is 402 g/mol. The largest absolute Gasteiger partial charge is 0.490 e. The fraction of sp³-hybridized carbons (Fsp3) is 0.586. The third kappa shape index (κ3) is 5.35. The molecule has 0 saturated heterocycles. The highest BCUT2D eigenvalue weighted by Gasteiger charge is 2.28. The van der Waals surface area contributed by atoms with Crippen molar-refractivity contribution in [3.63, 3.8) is 0 Å². The van der Waals surface area contributed by atoms with E-state index in [4.69, 9.17) is 4.74 Å². The summed E-state index contributed by atoms with van der Waals surface area (Å²) >= 11 is 0. The maximum atomic E-state index is 15.0. The van der Waals surface area contributed by atoms with E-state index in [0.29, 0.717) is 23.3 Å². The predicted molar refractivity (Wildman–Crippen MR) is 129 cm³/mol. The van der Waals surface area contributed by atoms with Gasteiger partial charge in [0.1, 0.15) is 12.4 Å². The Morgan fingerprint density at radius 1 is 0.875 bits per heavy atom. The van der Waals surface area contributed by atoms with Crippen molar-refractivity contribution in [3.05, 3.63) is 54.1 Å². The number of hydrogen-bond acceptors (Lipinski definition) is 1. The molecule has 0 bridgehead atoms. The number of ether oxygens (including phenoxy) is 1. The van der Waals surface area contributed by atoms with Crippen LogP contribution in [0.5, 0.6) is 5.75 Å². The lowest BCUT2D eigenvalue weighted by Crippen LogP contribution is -2.18. The van der Waals surface area contributed by atoms with Gasteiger partial charge in [0.05, 0.1) is 0 Å². The minimum Gasteiger partial charge on any atom is -0.490 e. The van der Waals surface area contributed by atoms with Gasteiger partial charge in [0, 0.05) is 5.39 Å². The Labute approximate surface area is 192 Å². The van der Waals surface area contributed by atoms with Crippen LogP contribution >= 0.6 is 0 Å². The average Bonchev–Trinajstić information content (AvgIpc) is 2.84. The Bertz CT molecular complexity index is 905. The molecule has 2 aliphatic rings. The molecule has 0 heterocycles. The molecule has 2 saturated carbocycles. The van der Waals surface area contributed by atoms with Crippen molar-refractivity contribution in [3.8, 4) is 5.75 Å². The van der Waals surface area contributed by atoms with Crippen molar-refractivity contribution < 1.29 is 13.5 Å². The summed E-state index contributed by atoms with van der Waals surface area (Å²) in [6.45, 7) is 6.29. The molecule has 3 heteroatoms. The van der Waals surface area contributed by atoms with E-state index in [0.717, 1.165) is 48.8 Å². The lowest BCUT2D eigenvalue weighted by atomic mass is 9.74. The third-order valence-corrected chi connectivity index (χ3v) is 8.20. The summed E-state index contributed by atoms with van der Waals surface area (Å²) < 4.78 is 35.4. The minimum absolute atomic E-state index is 0.127. The first kappa shape index (κ1) is 23.3. The second kappa shape index (κ2) is 10.8. The van der Waals surface area contributed by atoms with E-state index in [9.17, 15) is 4.39 Å². The molecule has 4 rings (SSSR count). The molecule has 2 aliphatic carbocycles. The molecule has 0 spiro atoms. The van der Waals surface area contributed by atoms with Crippen LogP contribution in [0, 0.1) is 29.4 Å². The second-order valence-corrected chi connectivity index (χ2v) is 10.2. The lowest BCUT2D eigenvalue weighted by Gasteiger charge is -2.32. The summed E-state index contributed by atoms with van der Waals surface area (Å²) in [6, 6.07) is 7.10. The van der Waals surface area contributed by atoms with Crippen LogP contribution in [0.4, 0.5) is 8.78 Å². The summed E-state index contributed by atoms with van der Waals surface area (Å²) in [7, 11) is 0. The van der Waals surface area contributed by atoms with E-state index >= 15 is 4.39 Å². The van der Waals surface area contributed by atoms with E-state index in [1.165, 1.54) is 44.9 Å². The number of hydrogen-bond donors (Lipinski definition) is 0. The average molecular weight is 441 g/mol. The molecular formula is C29H38F2O. The number of fused-ring (bicyclic) bond motifs is 1. The van der Waals surface area contributed by atoms with Gasteiger partial charge in [-0.05, 0) is 78.5 Å². The van der Waals surface area contributed by atoms with Gasteiger partial charge in [0.15, 0.2) is 11.6 Å². The number of rotatable bonds is 8. The summed E-state index contributed by atoms with van der Waals surface area (Å²) in [4.78, 5) is 0. The van der Waals surface area contributed by atoms with Gasteiger partial charge >= 0.3 is 0 Å². The molecule has 2 aromatic rings. The zero-order chi connectivity index (χ0) is 22.5. The Morgan fingerprint density at radius 2 is 1.50 bits per heavy atom. The molecule has 0 atom stereocenters. The molecule has 0 radical (unpaired) electrons. The van der Waals surface area contributed by atoms with E-state index in [-0.39, 0.29) is 5.92 Å². The van der Waals surface area contributed by atoms with Crippen molar-refractivity contribution in [1.29, 1.82) is 0 Å². The van der Waals surface area contributed by atoms with E-state index in [2.05, 4.69) is 13.5 Å².